The zero-order chi connectivity index (χ0) is 18.6. The van der Waals surface area contributed by atoms with E-state index in [9.17, 15) is 4.79 Å². The highest BCUT2D eigenvalue weighted by molar-refractivity contribution is 5.85. The van der Waals surface area contributed by atoms with Crippen LogP contribution >= 0.6 is 0 Å². The number of hydrogen-bond acceptors (Lipinski definition) is 4. The predicted octanol–water partition coefficient (Wildman–Crippen LogP) is 2.57. The minimum Gasteiger partial charge on any atom is -0.493 e. The Labute approximate surface area is 159 Å². The molecule has 1 N–H and O–H groups in total. The topological polar surface area (TPSA) is 69.0 Å². The van der Waals surface area contributed by atoms with Crippen molar-refractivity contribution in [3.8, 4) is 5.75 Å². The third-order valence-electron chi connectivity index (χ3n) is 6.56. The second-order valence-corrected chi connectivity index (χ2v) is 8.52. The summed E-state index contributed by atoms with van der Waals surface area (Å²) >= 11 is 0. The van der Waals surface area contributed by atoms with E-state index < -0.39 is 0 Å². The van der Waals surface area contributed by atoms with E-state index >= 15 is 0 Å². The molecule has 142 valence electrons. The van der Waals surface area contributed by atoms with Gasteiger partial charge in [-0.15, -0.1) is 0 Å². The second kappa shape index (κ2) is 6.08. The van der Waals surface area contributed by atoms with Crippen LogP contribution in [0.1, 0.15) is 56.0 Å². The van der Waals surface area contributed by atoms with Crippen molar-refractivity contribution in [3.63, 3.8) is 0 Å². The van der Waals surface area contributed by atoms with Gasteiger partial charge in [0, 0.05) is 29.4 Å². The van der Waals surface area contributed by atoms with Gasteiger partial charge in [-0.05, 0) is 36.8 Å². The summed E-state index contributed by atoms with van der Waals surface area (Å²) in [7, 11) is 0. The Bertz CT molecular complexity index is 890. The van der Waals surface area contributed by atoms with Gasteiger partial charge in [0.2, 0.25) is 5.91 Å². The minimum absolute atomic E-state index is 0.0321. The van der Waals surface area contributed by atoms with Crippen molar-refractivity contribution in [2.24, 2.45) is 5.92 Å². The predicted molar refractivity (Wildman–Crippen MR) is 101 cm³/mol. The van der Waals surface area contributed by atoms with Gasteiger partial charge in [0.25, 0.3) is 0 Å². The van der Waals surface area contributed by atoms with Gasteiger partial charge < -0.3 is 10.1 Å². The maximum absolute atomic E-state index is 13.0. The zero-order valence-corrected chi connectivity index (χ0v) is 15.9. The van der Waals surface area contributed by atoms with Crippen LogP contribution in [0.25, 0.3) is 0 Å². The summed E-state index contributed by atoms with van der Waals surface area (Å²) in [4.78, 5) is 17.3. The van der Waals surface area contributed by atoms with Crippen molar-refractivity contribution < 1.29 is 9.53 Å². The lowest BCUT2D eigenvalue weighted by Gasteiger charge is -2.29. The Morgan fingerprint density at radius 2 is 2.30 bits per heavy atom. The Morgan fingerprint density at radius 3 is 3.15 bits per heavy atom. The normalized spacial score (nSPS) is 28.4. The fraction of sp³-hybridized carbons (Fsp3) is 0.571. The van der Waals surface area contributed by atoms with Crippen molar-refractivity contribution >= 4 is 5.91 Å². The molecule has 0 saturated heterocycles. The van der Waals surface area contributed by atoms with E-state index in [2.05, 4.69) is 47.4 Å². The van der Waals surface area contributed by atoms with Crippen LogP contribution in [0.2, 0.25) is 0 Å². The SMILES string of the molecule is CC(C)c1ccc2c(c1)[C@]1(CCO2)C[C@H]1C(=O)N[C@@H]1CCc2ncnn2C1. The zero-order valence-electron chi connectivity index (χ0n) is 15.9. The number of nitrogens with one attached hydrogen (secondary N) is 1. The molecule has 5 rings (SSSR count). The summed E-state index contributed by atoms with van der Waals surface area (Å²) in [6, 6.07) is 6.66. The molecule has 2 aromatic rings. The van der Waals surface area contributed by atoms with E-state index in [4.69, 9.17) is 4.74 Å². The van der Waals surface area contributed by atoms with Crippen molar-refractivity contribution in [3.05, 3.63) is 41.5 Å². The molecule has 1 saturated carbocycles. The summed E-state index contributed by atoms with van der Waals surface area (Å²) in [5, 5.41) is 7.53. The molecule has 3 aliphatic rings. The van der Waals surface area contributed by atoms with E-state index in [1.807, 2.05) is 4.68 Å². The summed E-state index contributed by atoms with van der Waals surface area (Å²) in [6.45, 7) is 5.83. The van der Waals surface area contributed by atoms with Gasteiger partial charge in [-0.2, -0.15) is 5.10 Å². The average molecular weight is 366 g/mol. The van der Waals surface area contributed by atoms with Gasteiger partial charge in [0.1, 0.15) is 17.9 Å². The van der Waals surface area contributed by atoms with E-state index in [1.54, 1.807) is 6.33 Å². The van der Waals surface area contributed by atoms with Crippen LogP contribution in [0, 0.1) is 5.92 Å². The molecular formula is C21H26N4O2. The average Bonchev–Trinajstić information content (AvgIpc) is 3.18. The van der Waals surface area contributed by atoms with Crippen molar-refractivity contribution in [1.82, 2.24) is 20.1 Å². The molecule has 0 radical (unpaired) electrons. The summed E-state index contributed by atoms with van der Waals surface area (Å²) in [5.41, 5.74) is 2.52. The Balaban J connectivity index is 1.33. The molecule has 1 spiro atoms. The Hall–Kier alpha value is -2.37. The number of nitrogens with zero attached hydrogens (tertiary/aromatic N) is 3. The molecule has 0 bridgehead atoms. The fourth-order valence-electron chi connectivity index (χ4n) is 4.78. The van der Waals surface area contributed by atoms with E-state index in [0.29, 0.717) is 12.5 Å². The van der Waals surface area contributed by atoms with Crippen LogP contribution in [0.15, 0.2) is 24.5 Å². The first-order valence-electron chi connectivity index (χ1n) is 10.0. The third kappa shape index (κ3) is 2.73. The standard InChI is InChI=1S/C21H26N4O2/c1-13(2)14-3-5-18-16(9-14)21(7-8-27-18)10-17(21)20(26)24-15-4-6-19-22-12-23-25(19)11-15/h3,5,9,12-13,15,17H,4,6-8,10-11H2,1-2H3,(H,24,26)/t15-,17+,21+/m1/s1. The van der Waals surface area contributed by atoms with Crippen LogP contribution in [-0.2, 0) is 23.2 Å². The smallest absolute Gasteiger partial charge is 0.224 e. The maximum atomic E-state index is 13.0. The van der Waals surface area contributed by atoms with E-state index in [-0.39, 0.29) is 23.3 Å². The summed E-state index contributed by atoms with van der Waals surface area (Å²) in [5.74, 6) is 2.69. The molecule has 3 atom stereocenters. The first-order chi connectivity index (χ1) is 13.1. The molecule has 1 aliphatic carbocycles. The number of rotatable bonds is 3. The number of fused-ring (bicyclic) bond motifs is 3. The van der Waals surface area contributed by atoms with Gasteiger partial charge in [0.15, 0.2) is 0 Å². The van der Waals surface area contributed by atoms with Crippen LogP contribution < -0.4 is 10.1 Å². The summed E-state index contributed by atoms with van der Waals surface area (Å²) in [6.07, 6.45) is 5.26. The van der Waals surface area contributed by atoms with Crippen molar-refractivity contribution in [1.29, 1.82) is 0 Å². The number of aromatic nitrogens is 3. The number of ether oxygens (including phenoxy) is 1. The first kappa shape index (κ1) is 16.8. The highest BCUT2D eigenvalue weighted by atomic mass is 16.5. The number of hydrogen-bond donors (Lipinski definition) is 1. The molecule has 0 unspecified atom stereocenters. The largest absolute Gasteiger partial charge is 0.493 e. The van der Waals surface area contributed by atoms with E-state index in [1.165, 1.54) is 11.1 Å². The number of aryl methyl sites for hydroxylation is 1. The molecule has 6 nitrogen and oxygen atoms in total. The quantitative estimate of drug-likeness (QED) is 0.906. The first-order valence-corrected chi connectivity index (χ1v) is 10.0. The van der Waals surface area contributed by atoms with Gasteiger partial charge in [0.05, 0.1) is 13.2 Å². The lowest BCUT2D eigenvalue weighted by Crippen LogP contribution is -2.43. The number of benzene rings is 1. The molecule has 1 aromatic heterocycles. The van der Waals surface area contributed by atoms with Gasteiger partial charge in [-0.25, -0.2) is 9.67 Å². The Kier molecular flexibility index (Phi) is 3.78. The van der Waals surface area contributed by atoms with Gasteiger partial charge in [-0.3, -0.25) is 4.79 Å². The van der Waals surface area contributed by atoms with Gasteiger partial charge >= 0.3 is 0 Å². The molecule has 3 heterocycles. The lowest BCUT2D eigenvalue weighted by molar-refractivity contribution is -0.123. The molecule has 1 fully saturated rings. The molecule has 1 aromatic carbocycles. The van der Waals surface area contributed by atoms with Gasteiger partial charge in [-0.1, -0.05) is 26.0 Å². The molecule has 27 heavy (non-hydrogen) atoms. The minimum atomic E-state index is -0.0321. The Morgan fingerprint density at radius 1 is 1.41 bits per heavy atom. The highest BCUT2D eigenvalue weighted by Crippen LogP contribution is 2.61. The van der Waals surface area contributed by atoms with Crippen molar-refractivity contribution in [2.45, 2.75) is 63.5 Å². The maximum Gasteiger partial charge on any atom is 0.224 e. The number of carbonyl (C=O) groups is 1. The van der Waals surface area contributed by atoms with Crippen LogP contribution in [-0.4, -0.2) is 33.3 Å². The number of amides is 1. The number of carbonyl (C=O) groups excluding carboxylic acids is 1. The van der Waals surface area contributed by atoms with Crippen LogP contribution in [0.5, 0.6) is 5.75 Å². The van der Waals surface area contributed by atoms with Crippen molar-refractivity contribution in [2.75, 3.05) is 6.61 Å². The molecule has 6 heteroatoms. The fourth-order valence-corrected chi connectivity index (χ4v) is 4.78. The third-order valence-corrected chi connectivity index (χ3v) is 6.56. The molecular weight excluding hydrogens is 340 g/mol. The second-order valence-electron chi connectivity index (χ2n) is 8.52. The molecule has 1 amide bonds. The highest BCUT2D eigenvalue weighted by Gasteiger charge is 2.61. The molecule has 2 aliphatic heterocycles. The van der Waals surface area contributed by atoms with Crippen LogP contribution in [0.4, 0.5) is 0 Å². The summed E-state index contributed by atoms with van der Waals surface area (Å²) < 4.78 is 7.80. The van der Waals surface area contributed by atoms with Crippen LogP contribution in [0.3, 0.4) is 0 Å². The monoisotopic (exact) mass is 366 g/mol. The van der Waals surface area contributed by atoms with E-state index in [0.717, 1.165) is 43.8 Å². The lowest BCUT2D eigenvalue weighted by atomic mass is 9.85.